The number of thiazole rings is 1. The molecule has 1 aliphatic carbocycles. The molecule has 0 aliphatic heterocycles. The summed E-state index contributed by atoms with van der Waals surface area (Å²) in [4.78, 5) is 17.3. The molecule has 0 radical (unpaired) electrons. The number of aromatic nitrogens is 1. The van der Waals surface area contributed by atoms with Crippen LogP contribution in [-0.2, 0) is 21.2 Å². The van der Waals surface area contributed by atoms with E-state index in [1.54, 1.807) is 24.3 Å². The molecular formula is C16H18N2O3S2. The monoisotopic (exact) mass is 350 g/mol. The molecule has 0 spiro atoms. The molecule has 0 atom stereocenters. The van der Waals surface area contributed by atoms with E-state index in [1.807, 2.05) is 4.57 Å². The number of allylic oxidation sites excluding steroid dienone is 1. The SMILES string of the molecule is C=CCn1c(=NC(=O)C2CCC2)sc2cc(S(C)(=O)=O)ccc21. The number of nitrogens with zero attached hydrogens (tertiary/aromatic N) is 2. The number of rotatable bonds is 4. The van der Waals surface area contributed by atoms with E-state index >= 15 is 0 Å². The lowest BCUT2D eigenvalue weighted by Gasteiger charge is -2.20. The number of carbonyl (C=O) groups is 1. The first-order chi connectivity index (χ1) is 10.9. The van der Waals surface area contributed by atoms with Gasteiger partial charge in [-0.2, -0.15) is 4.99 Å². The van der Waals surface area contributed by atoms with Crippen molar-refractivity contribution in [3.05, 3.63) is 35.7 Å². The van der Waals surface area contributed by atoms with Gasteiger partial charge in [0.25, 0.3) is 5.91 Å². The van der Waals surface area contributed by atoms with Crippen molar-refractivity contribution >= 4 is 37.3 Å². The third-order valence-corrected chi connectivity index (χ3v) is 6.21. The van der Waals surface area contributed by atoms with Crippen molar-refractivity contribution in [1.82, 2.24) is 4.57 Å². The Bertz CT molecular complexity index is 947. The smallest absolute Gasteiger partial charge is 0.251 e. The highest BCUT2D eigenvalue weighted by Gasteiger charge is 2.25. The largest absolute Gasteiger partial charge is 0.313 e. The van der Waals surface area contributed by atoms with E-state index in [1.165, 1.54) is 17.6 Å². The zero-order valence-electron chi connectivity index (χ0n) is 12.9. The Kier molecular flexibility index (Phi) is 4.25. The lowest BCUT2D eigenvalue weighted by atomic mass is 9.85. The van der Waals surface area contributed by atoms with Crippen LogP contribution in [0.15, 0.2) is 40.7 Å². The van der Waals surface area contributed by atoms with Gasteiger partial charge in [-0.25, -0.2) is 8.42 Å². The topological polar surface area (TPSA) is 68.5 Å². The highest BCUT2D eigenvalue weighted by molar-refractivity contribution is 7.90. The second-order valence-corrected chi connectivity index (χ2v) is 8.79. The lowest BCUT2D eigenvalue weighted by molar-refractivity contribution is -0.124. The molecule has 1 fully saturated rings. The number of carbonyl (C=O) groups excluding carboxylic acids is 1. The Hall–Kier alpha value is -1.73. The van der Waals surface area contributed by atoms with E-state index in [-0.39, 0.29) is 16.7 Å². The zero-order chi connectivity index (χ0) is 16.6. The number of hydrogen-bond acceptors (Lipinski definition) is 4. The van der Waals surface area contributed by atoms with Gasteiger partial charge in [0, 0.05) is 18.7 Å². The van der Waals surface area contributed by atoms with Gasteiger partial charge in [0.2, 0.25) is 0 Å². The Morgan fingerprint density at radius 2 is 2.22 bits per heavy atom. The summed E-state index contributed by atoms with van der Waals surface area (Å²) in [7, 11) is -3.26. The lowest BCUT2D eigenvalue weighted by Crippen LogP contribution is -2.24. The van der Waals surface area contributed by atoms with E-state index < -0.39 is 9.84 Å². The van der Waals surface area contributed by atoms with Crippen LogP contribution in [0.4, 0.5) is 0 Å². The summed E-state index contributed by atoms with van der Waals surface area (Å²) in [5.41, 5.74) is 0.863. The fourth-order valence-electron chi connectivity index (χ4n) is 2.52. The minimum absolute atomic E-state index is 0.0453. The van der Waals surface area contributed by atoms with Crippen LogP contribution >= 0.6 is 11.3 Å². The maximum absolute atomic E-state index is 12.2. The number of benzene rings is 1. The van der Waals surface area contributed by atoms with Gasteiger partial charge < -0.3 is 4.57 Å². The molecule has 1 amide bonds. The van der Waals surface area contributed by atoms with Crippen LogP contribution in [0.1, 0.15) is 19.3 Å². The van der Waals surface area contributed by atoms with Crippen molar-refractivity contribution in [2.75, 3.05) is 6.26 Å². The fourth-order valence-corrected chi connectivity index (χ4v) is 4.32. The van der Waals surface area contributed by atoms with Gasteiger partial charge in [-0.15, -0.1) is 6.58 Å². The molecule has 0 N–H and O–H groups in total. The molecule has 3 rings (SSSR count). The Labute approximate surface area is 138 Å². The average Bonchev–Trinajstić information content (AvgIpc) is 2.73. The van der Waals surface area contributed by atoms with Gasteiger partial charge >= 0.3 is 0 Å². The summed E-state index contributed by atoms with van der Waals surface area (Å²) in [5, 5.41) is 0. The highest BCUT2D eigenvalue weighted by Crippen LogP contribution is 2.27. The Morgan fingerprint density at radius 1 is 1.48 bits per heavy atom. The molecule has 7 heteroatoms. The fraction of sp³-hybridized carbons (Fsp3) is 0.375. The summed E-state index contributed by atoms with van der Waals surface area (Å²) >= 11 is 1.34. The van der Waals surface area contributed by atoms with Crippen LogP contribution in [0.5, 0.6) is 0 Å². The van der Waals surface area contributed by atoms with Gasteiger partial charge in [0.15, 0.2) is 14.6 Å². The molecule has 122 valence electrons. The van der Waals surface area contributed by atoms with Crippen LogP contribution < -0.4 is 4.80 Å². The molecule has 1 aliphatic rings. The van der Waals surface area contributed by atoms with Crippen molar-refractivity contribution in [2.24, 2.45) is 10.9 Å². The van der Waals surface area contributed by atoms with E-state index in [0.717, 1.165) is 29.5 Å². The van der Waals surface area contributed by atoms with Crippen LogP contribution in [0.25, 0.3) is 10.2 Å². The summed E-state index contributed by atoms with van der Waals surface area (Å²) in [5.74, 6) is -0.0343. The molecule has 1 aromatic carbocycles. The predicted molar refractivity (Wildman–Crippen MR) is 91.0 cm³/mol. The first-order valence-electron chi connectivity index (χ1n) is 7.43. The second-order valence-electron chi connectivity index (χ2n) is 5.76. The molecule has 1 aromatic heterocycles. The first kappa shape index (κ1) is 16.1. The molecule has 5 nitrogen and oxygen atoms in total. The van der Waals surface area contributed by atoms with E-state index in [0.29, 0.717) is 11.3 Å². The molecule has 0 unspecified atom stereocenters. The van der Waals surface area contributed by atoms with Gasteiger partial charge in [-0.1, -0.05) is 23.8 Å². The van der Waals surface area contributed by atoms with Gasteiger partial charge in [0.1, 0.15) is 0 Å². The van der Waals surface area contributed by atoms with Crippen molar-refractivity contribution in [2.45, 2.75) is 30.7 Å². The Morgan fingerprint density at radius 3 is 2.78 bits per heavy atom. The first-order valence-corrected chi connectivity index (χ1v) is 10.1. The minimum Gasteiger partial charge on any atom is -0.313 e. The number of fused-ring (bicyclic) bond motifs is 1. The third kappa shape index (κ3) is 3.16. The zero-order valence-corrected chi connectivity index (χ0v) is 14.5. The summed E-state index contributed by atoms with van der Waals surface area (Å²) in [6, 6.07) is 4.99. The Balaban J connectivity index is 2.16. The minimum atomic E-state index is -3.26. The van der Waals surface area contributed by atoms with Gasteiger partial charge in [-0.3, -0.25) is 4.79 Å². The maximum atomic E-state index is 12.2. The summed E-state index contributed by atoms with van der Waals surface area (Å²) in [6.45, 7) is 4.27. The molecule has 0 saturated heterocycles. The standard InChI is InChI=1S/C16H18N2O3S2/c1-3-9-18-13-8-7-12(23(2,20)21)10-14(13)22-16(18)17-15(19)11-5-4-6-11/h3,7-8,10-11H,1,4-6,9H2,2H3. The van der Waals surface area contributed by atoms with Gasteiger partial charge in [0.05, 0.1) is 15.1 Å². The highest BCUT2D eigenvalue weighted by atomic mass is 32.2. The molecule has 23 heavy (non-hydrogen) atoms. The maximum Gasteiger partial charge on any atom is 0.251 e. The third-order valence-electron chi connectivity index (χ3n) is 4.05. The van der Waals surface area contributed by atoms with E-state index in [9.17, 15) is 13.2 Å². The van der Waals surface area contributed by atoms with Crippen molar-refractivity contribution < 1.29 is 13.2 Å². The van der Waals surface area contributed by atoms with Crippen molar-refractivity contribution in [3.63, 3.8) is 0 Å². The van der Waals surface area contributed by atoms with Gasteiger partial charge in [-0.05, 0) is 31.0 Å². The normalized spacial score (nSPS) is 16.5. The number of hydrogen-bond donors (Lipinski definition) is 0. The van der Waals surface area contributed by atoms with Crippen molar-refractivity contribution in [1.29, 1.82) is 0 Å². The molecule has 1 saturated carbocycles. The average molecular weight is 350 g/mol. The summed E-state index contributed by atoms with van der Waals surface area (Å²) < 4.78 is 26.1. The predicted octanol–water partition coefficient (Wildman–Crippen LogP) is 2.52. The quantitative estimate of drug-likeness (QED) is 0.796. The van der Waals surface area contributed by atoms with Crippen LogP contribution in [0.2, 0.25) is 0 Å². The van der Waals surface area contributed by atoms with Crippen molar-refractivity contribution in [3.8, 4) is 0 Å². The molecular weight excluding hydrogens is 332 g/mol. The second kappa shape index (κ2) is 6.05. The molecule has 0 bridgehead atoms. The number of amides is 1. The summed E-state index contributed by atoms with van der Waals surface area (Å²) in [6.07, 6.45) is 5.83. The van der Waals surface area contributed by atoms with E-state index in [4.69, 9.17) is 0 Å². The van der Waals surface area contributed by atoms with Crippen LogP contribution in [0, 0.1) is 5.92 Å². The number of sulfone groups is 1. The molecule has 1 heterocycles. The van der Waals surface area contributed by atoms with Crippen LogP contribution in [0.3, 0.4) is 0 Å². The van der Waals surface area contributed by atoms with E-state index in [2.05, 4.69) is 11.6 Å². The van der Waals surface area contributed by atoms with Crippen LogP contribution in [-0.4, -0.2) is 25.1 Å². The molecule has 2 aromatic rings.